The third kappa shape index (κ3) is 5.45. The first-order valence-corrected chi connectivity index (χ1v) is 10.4. The highest BCUT2D eigenvalue weighted by Gasteiger charge is 2.11. The van der Waals surface area contributed by atoms with Crippen molar-refractivity contribution in [2.45, 2.75) is 4.90 Å². The van der Waals surface area contributed by atoms with Gasteiger partial charge in [0.1, 0.15) is 5.82 Å². The van der Waals surface area contributed by atoms with Gasteiger partial charge >= 0.3 is 0 Å². The number of hydrogen-bond donors (Lipinski definition) is 2. The maximum absolute atomic E-state index is 13.6. The Morgan fingerprint density at radius 1 is 0.828 bits per heavy atom. The zero-order valence-corrected chi connectivity index (χ0v) is 16.8. The topological polar surface area (TPSA) is 58.2 Å². The van der Waals surface area contributed by atoms with Gasteiger partial charge < -0.3 is 10.6 Å². The van der Waals surface area contributed by atoms with Crippen LogP contribution >= 0.6 is 11.8 Å². The molecule has 0 spiro atoms. The van der Waals surface area contributed by atoms with Crippen molar-refractivity contribution in [3.63, 3.8) is 0 Å². The van der Waals surface area contributed by atoms with Gasteiger partial charge in [-0.1, -0.05) is 36.4 Å². The van der Waals surface area contributed by atoms with Crippen LogP contribution in [0.4, 0.5) is 4.39 Å². The summed E-state index contributed by atoms with van der Waals surface area (Å²) in [5.41, 5.74) is 2.52. The van der Waals surface area contributed by atoms with Crippen molar-refractivity contribution in [3.8, 4) is 11.1 Å². The Bertz CT molecular complexity index is 1010. The molecule has 0 saturated carbocycles. The third-order valence-corrected chi connectivity index (χ3v) is 5.11. The minimum absolute atomic E-state index is 0.0148. The van der Waals surface area contributed by atoms with E-state index in [2.05, 4.69) is 10.6 Å². The van der Waals surface area contributed by atoms with Crippen molar-refractivity contribution in [3.05, 3.63) is 89.7 Å². The Kier molecular flexibility index (Phi) is 7.03. The molecular formula is C23H21FN2O2S. The summed E-state index contributed by atoms with van der Waals surface area (Å²) >= 11 is 1.68. The van der Waals surface area contributed by atoms with Gasteiger partial charge in [0.15, 0.2) is 0 Å². The highest BCUT2D eigenvalue weighted by molar-refractivity contribution is 7.98. The van der Waals surface area contributed by atoms with E-state index in [0.717, 1.165) is 11.1 Å². The lowest BCUT2D eigenvalue weighted by Gasteiger charge is -2.09. The first-order valence-electron chi connectivity index (χ1n) is 9.14. The van der Waals surface area contributed by atoms with Gasteiger partial charge in [0, 0.05) is 23.5 Å². The normalized spacial score (nSPS) is 10.4. The number of thioether (sulfide) groups is 1. The predicted molar refractivity (Wildman–Crippen MR) is 115 cm³/mol. The lowest BCUT2D eigenvalue weighted by molar-refractivity contribution is 0.0925. The third-order valence-electron chi connectivity index (χ3n) is 4.36. The van der Waals surface area contributed by atoms with E-state index in [-0.39, 0.29) is 24.6 Å². The molecule has 0 fully saturated rings. The predicted octanol–water partition coefficient (Wildman–Crippen LogP) is 4.37. The average Bonchev–Trinajstić information content (AvgIpc) is 2.77. The molecule has 3 aromatic rings. The smallest absolute Gasteiger partial charge is 0.254 e. The van der Waals surface area contributed by atoms with Crippen LogP contribution in [0.2, 0.25) is 0 Å². The summed E-state index contributed by atoms with van der Waals surface area (Å²) in [6.45, 7) is 0.445. The van der Waals surface area contributed by atoms with E-state index in [4.69, 9.17) is 0 Å². The summed E-state index contributed by atoms with van der Waals surface area (Å²) < 4.78 is 13.6. The first-order chi connectivity index (χ1) is 14.1. The van der Waals surface area contributed by atoms with Crippen LogP contribution in [-0.4, -0.2) is 31.2 Å². The van der Waals surface area contributed by atoms with Gasteiger partial charge in [0.25, 0.3) is 11.8 Å². The minimum atomic E-state index is -0.573. The van der Waals surface area contributed by atoms with Crippen LogP contribution in [-0.2, 0) is 0 Å². The summed E-state index contributed by atoms with van der Waals surface area (Å²) in [5.74, 6) is -1.31. The first kappa shape index (κ1) is 20.6. The molecule has 2 N–H and O–H groups in total. The molecule has 0 saturated heterocycles. The van der Waals surface area contributed by atoms with Crippen LogP contribution in [0, 0.1) is 5.82 Å². The van der Waals surface area contributed by atoms with Crippen LogP contribution < -0.4 is 10.6 Å². The molecule has 3 rings (SSSR count). The molecule has 0 atom stereocenters. The Morgan fingerprint density at radius 2 is 1.52 bits per heavy atom. The second-order valence-corrected chi connectivity index (χ2v) is 7.18. The second kappa shape index (κ2) is 9.89. The van der Waals surface area contributed by atoms with Gasteiger partial charge in [-0.2, -0.15) is 0 Å². The van der Waals surface area contributed by atoms with Crippen molar-refractivity contribution in [1.82, 2.24) is 10.6 Å². The number of amides is 2. The lowest BCUT2D eigenvalue weighted by atomic mass is 10.0. The van der Waals surface area contributed by atoms with E-state index in [1.165, 1.54) is 23.1 Å². The Hall–Kier alpha value is -3.12. The van der Waals surface area contributed by atoms with E-state index in [1.54, 1.807) is 23.9 Å². The van der Waals surface area contributed by atoms with Gasteiger partial charge in [-0.3, -0.25) is 9.59 Å². The van der Waals surface area contributed by atoms with Gasteiger partial charge in [-0.25, -0.2) is 4.39 Å². The number of carbonyl (C=O) groups excluding carboxylic acids is 2. The van der Waals surface area contributed by atoms with E-state index >= 15 is 0 Å². The molecule has 0 bridgehead atoms. The standard InChI is InChI=1S/C23H21FN2O2S/c1-29-19-11-9-16(10-12-19)17-5-4-6-18(15-17)22(27)25-13-14-26-23(28)20-7-2-3-8-21(20)24/h2-12,15H,13-14H2,1H3,(H,25,27)(H,26,28). The Balaban J connectivity index is 1.54. The molecule has 0 radical (unpaired) electrons. The van der Waals surface area contributed by atoms with Crippen LogP contribution in [0.25, 0.3) is 11.1 Å². The largest absolute Gasteiger partial charge is 0.350 e. The molecule has 0 aliphatic heterocycles. The number of carbonyl (C=O) groups is 2. The summed E-state index contributed by atoms with van der Waals surface area (Å²) in [4.78, 5) is 25.6. The van der Waals surface area contributed by atoms with Crippen molar-refractivity contribution in [2.24, 2.45) is 0 Å². The molecule has 0 aromatic heterocycles. The van der Waals surface area contributed by atoms with Gasteiger partial charge in [-0.15, -0.1) is 11.8 Å². The Labute approximate surface area is 173 Å². The number of rotatable bonds is 7. The molecule has 3 aromatic carbocycles. The number of benzene rings is 3. The molecule has 2 amide bonds. The van der Waals surface area contributed by atoms with E-state index < -0.39 is 11.7 Å². The lowest BCUT2D eigenvalue weighted by Crippen LogP contribution is -2.35. The second-order valence-electron chi connectivity index (χ2n) is 6.30. The maximum atomic E-state index is 13.6. The SMILES string of the molecule is CSc1ccc(-c2cccc(C(=O)NCCNC(=O)c3ccccc3F)c2)cc1. The summed E-state index contributed by atoms with van der Waals surface area (Å²) in [5, 5.41) is 5.37. The van der Waals surface area contributed by atoms with E-state index in [0.29, 0.717) is 5.56 Å². The van der Waals surface area contributed by atoms with E-state index in [1.807, 2.05) is 48.7 Å². The van der Waals surface area contributed by atoms with Crippen molar-refractivity contribution < 1.29 is 14.0 Å². The summed E-state index contributed by atoms with van der Waals surface area (Å²) in [6.07, 6.45) is 2.03. The monoisotopic (exact) mass is 408 g/mol. The van der Waals surface area contributed by atoms with Crippen molar-refractivity contribution in [2.75, 3.05) is 19.3 Å². The molecule has 4 nitrogen and oxygen atoms in total. The fraction of sp³-hybridized carbons (Fsp3) is 0.130. The van der Waals surface area contributed by atoms with Gasteiger partial charge in [0.2, 0.25) is 0 Å². The molecule has 29 heavy (non-hydrogen) atoms. The summed E-state index contributed by atoms with van der Waals surface area (Å²) in [7, 11) is 0. The van der Waals surface area contributed by atoms with Crippen LogP contribution in [0.15, 0.2) is 77.7 Å². The number of hydrogen-bond acceptors (Lipinski definition) is 3. The van der Waals surface area contributed by atoms with Crippen LogP contribution in [0.5, 0.6) is 0 Å². The highest BCUT2D eigenvalue weighted by atomic mass is 32.2. The number of halogens is 1. The average molecular weight is 408 g/mol. The highest BCUT2D eigenvalue weighted by Crippen LogP contribution is 2.23. The van der Waals surface area contributed by atoms with Crippen LogP contribution in [0.3, 0.4) is 0 Å². The molecule has 6 heteroatoms. The summed E-state index contributed by atoms with van der Waals surface area (Å²) in [6, 6.07) is 21.3. The molecule has 148 valence electrons. The molecular weight excluding hydrogens is 387 g/mol. The van der Waals surface area contributed by atoms with E-state index in [9.17, 15) is 14.0 Å². The Morgan fingerprint density at radius 3 is 2.21 bits per heavy atom. The molecule has 0 aliphatic carbocycles. The van der Waals surface area contributed by atoms with Crippen LogP contribution in [0.1, 0.15) is 20.7 Å². The zero-order chi connectivity index (χ0) is 20.6. The van der Waals surface area contributed by atoms with Gasteiger partial charge in [-0.05, 0) is 53.8 Å². The minimum Gasteiger partial charge on any atom is -0.350 e. The maximum Gasteiger partial charge on any atom is 0.254 e. The fourth-order valence-corrected chi connectivity index (χ4v) is 3.23. The fourth-order valence-electron chi connectivity index (χ4n) is 2.82. The quantitative estimate of drug-likeness (QED) is 0.451. The number of nitrogens with one attached hydrogen (secondary N) is 2. The molecule has 0 unspecified atom stereocenters. The van der Waals surface area contributed by atoms with Crippen molar-refractivity contribution >= 4 is 23.6 Å². The molecule has 0 heterocycles. The van der Waals surface area contributed by atoms with Gasteiger partial charge in [0.05, 0.1) is 5.56 Å². The zero-order valence-electron chi connectivity index (χ0n) is 15.9. The van der Waals surface area contributed by atoms with Crippen molar-refractivity contribution in [1.29, 1.82) is 0 Å². The molecule has 0 aliphatic rings.